The molecule has 126 valence electrons. The molecule has 1 saturated carbocycles. The molecule has 0 saturated heterocycles. The number of hydrogen-bond donors (Lipinski definition) is 2. The Balaban J connectivity index is 1.35. The van der Waals surface area contributed by atoms with Gasteiger partial charge in [0.25, 0.3) is 0 Å². The molecule has 1 heterocycles. The molecule has 4 rings (SSSR count). The van der Waals surface area contributed by atoms with Gasteiger partial charge < -0.3 is 15.0 Å². The number of nitrogens with zero attached hydrogens (tertiary/aromatic N) is 1. The summed E-state index contributed by atoms with van der Waals surface area (Å²) in [5, 5.41) is 13.9. The monoisotopic (exact) mass is 331 g/mol. The molecule has 0 amide bonds. The summed E-state index contributed by atoms with van der Waals surface area (Å²) in [6.45, 7) is 0.972. The molecule has 2 aromatic carbocycles. The maximum atomic E-state index is 9.11. The van der Waals surface area contributed by atoms with Gasteiger partial charge in [-0.1, -0.05) is 12.1 Å². The average Bonchev–Trinajstić information content (AvgIpc) is 3.30. The minimum Gasteiger partial charge on any atom is -0.497 e. The summed E-state index contributed by atoms with van der Waals surface area (Å²) in [6, 6.07) is 16.9. The molecular weight excluding hydrogens is 310 g/mol. The predicted octanol–water partition coefficient (Wildman–Crippen LogP) is 3.74. The molecule has 1 aliphatic rings. The van der Waals surface area contributed by atoms with Crippen LogP contribution in [0, 0.1) is 11.3 Å². The summed E-state index contributed by atoms with van der Waals surface area (Å²) in [4.78, 5) is 3.33. The molecule has 2 N–H and O–H groups in total. The van der Waals surface area contributed by atoms with Crippen LogP contribution in [0.1, 0.15) is 29.0 Å². The zero-order valence-corrected chi connectivity index (χ0v) is 14.3. The molecule has 4 nitrogen and oxygen atoms in total. The van der Waals surface area contributed by atoms with Crippen LogP contribution in [0.4, 0.5) is 0 Å². The van der Waals surface area contributed by atoms with Crippen molar-refractivity contribution in [2.24, 2.45) is 0 Å². The number of aromatic nitrogens is 1. The molecule has 0 radical (unpaired) electrons. The Morgan fingerprint density at radius 1 is 1.24 bits per heavy atom. The third-order valence-electron chi connectivity index (χ3n) is 5.01. The Bertz CT molecular complexity index is 920. The minimum atomic E-state index is 0.531. The van der Waals surface area contributed by atoms with Crippen LogP contribution in [-0.2, 0) is 6.42 Å². The lowest BCUT2D eigenvalue weighted by atomic mass is 10.1. The first kappa shape index (κ1) is 15.7. The number of H-pyrrole nitrogens is 1. The summed E-state index contributed by atoms with van der Waals surface area (Å²) in [5.41, 5.74) is 4.47. The Morgan fingerprint density at radius 3 is 2.84 bits per heavy atom. The van der Waals surface area contributed by atoms with Crippen molar-refractivity contribution in [3.63, 3.8) is 0 Å². The second-order valence-electron chi connectivity index (χ2n) is 6.62. The molecule has 4 heteroatoms. The van der Waals surface area contributed by atoms with Crippen LogP contribution in [0.5, 0.6) is 5.75 Å². The lowest BCUT2D eigenvalue weighted by Gasteiger charge is -2.06. The van der Waals surface area contributed by atoms with E-state index in [-0.39, 0.29) is 0 Å². The molecule has 1 aliphatic carbocycles. The summed E-state index contributed by atoms with van der Waals surface area (Å²) in [5.74, 6) is 1.44. The lowest BCUT2D eigenvalue weighted by Crippen LogP contribution is -2.20. The number of ether oxygens (including phenoxy) is 1. The fourth-order valence-corrected chi connectivity index (χ4v) is 3.48. The van der Waals surface area contributed by atoms with Crippen molar-refractivity contribution in [3.05, 3.63) is 65.4 Å². The molecule has 1 fully saturated rings. The fraction of sp³-hybridized carbons (Fsp3) is 0.286. The van der Waals surface area contributed by atoms with E-state index in [9.17, 15) is 0 Å². The Morgan fingerprint density at radius 2 is 2.08 bits per heavy atom. The van der Waals surface area contributed by atoms with Gasteiger partial charge in [-0.2, -0.15) is 5.26 Å². The van der Waals surface area contributed by atoms with Crippen molar-refractivity contribution >= 4 is 10.9 Å². The zero-order valence-electron chi connectivity index (χ0n) is 14.3. The van der Waals surface area contributed by atoms with E-state index in [1.54, 1.807) is 7.11 Å². The number of benzene rings is 2. The van der Waals surface area contributed by atoms with E-state index in [4.69, 9.17) is 10.00 Å². The smallest absolute Gasteiger partial charge is 0.118 e. The van der Waals surface area contributed by atoms with Crippen molar-refractivity contribution in [2.75, 3.05) is 13.7 Å². The summed E-state index contributed by atoms with van der Waals surface area (Å²) >= 11 is 0. The zero-order chi connectivity index (χ0) is 17.2. The van der Waals surface area contributed by atoms with E-state index in [0.29, 0.717) is 12.0 Å². The van der Waals surface area contributed by atoms with E-state index < -0.39 is 0 Å². The average molecular weight is 331 g/mol. The van der Waals surface area contributed by atoms with Gasteiger partial charge in [0.05, 0.1) is 18.7 Å². The van der Waals surface area contributed by atoms with Crippen molar-refractivity contribution in [3.8, 4) is 11.8 Å². The first-order chi connectivity index (χ1) is 12.3. The molecule has 1 aromatic heterocycles. The first-order valence-corrected chi connectivity index (χ1v) is 8.66. The predicted molar refractivity (Wildman–Crippen MR) is 98.9 cm³/mol. The second kappa shape index (κ2) is 6.62. The molecule has 2 atom stereocenters. The number of hydrogen-bond acceptors (Lipinski definition) is 3. The van der Waals surface area contributed by atoms with Gasteiger partial charge in [-0.25, -0.2) is 0 Å². The van der Waals surface area contributed by atoms with E-state index in [0.717, 1.165) is 36.2 Å². The van der Waals surface area contributed by atoms with Gasteiger partial charge >= 0.3 is 0 Å². The highest BCUT2D eigenvalue weighted by molar-refractivity contribution is 5.85. The molecule has 0 bridgehead atoms. The maximum absolute atomic E-state index is 9.11. The summed E-state index contributed by atoms with van der Waals surface area (Å²) in [7, 11) is 1.69. The number of rotatable bonds is 6. The van der Waals surface area contributed by atoms with Gasteiger partial charge in [0.15, 0.2) is 0 Å². The van der Waals surface area contributed by atoms with Crippen LogP contribution >= 0.6 is 0 Å². The van der Waals surface area contributed by atoms with Crippen molar-refractivity contribution in [2.45, 2.75) is 24.8 Å². The Labute approximate surface area is 147 Å². The quantitative estimate of drug-likeness (QED) is 0.723. The third-order valence-corrected chi connectivity index (χ3v) is 5.01. The number of methoxy groups -OCH3 is 1. The highest BCUT2D eigenvalue weighted by Crippen LogP contribution is 2.43. The van der Waals surface area contributed by atoms with Gasteiger partial charge in [0.1, 0.15) is 5.75 Å². The third kappa shape index (κ3) is 3.24. The maximum Gasteiger partial charge on any atom is 0.118 e. The van der Waals surface area contributed by atoms with Crippen molar-refractivity contribution in [1.29, 1.82) is 5.26 Å². The lowest BCUT2D eigenvalue weighted by molar-refractivity contribution is 0.414. The van der Waals surface area contributed by atoms with Gasteiger partial charge in [-0.05, 0) is 60.8 Å². The van der Waals surface area contributed by atoms with E-state index in [2.05, 4.69) is 34.7 Å². The standard InChI is InChI=1S/C21H21N3O/c1-25-16-5-2-14(3-6-16)8-9-23-21-11-18(21)19-13-24-20-7-4-15(12-22)10-17(19)20/h2-7,10,13,18,21,23-24H,8-9,11H2,1H3. The van der Waals surface area contributed by atoms with Crippen LogP contribution < -0.4 is 10.1 Å². The Hall–Kier alpha value is -2.77. The van der Waals surface area contributed by atoms with Crippen LogP contribution in [0.25, 0.3) is 10.9 Å². The number of fused-ring (bicyclic) bond motifs is 1. The molecule has 0 spiro atoms. The van der Waals surface area contributed by atoms with Crippen molar-refractivity contribution < 1.29 is 4.74 Å². The number of aromatic amines is 1. The topological polar surface area (TPSA) is 60.8 Å². The molecule has 3 aromatic rings. The second-order valence-corrected chi connectivity index (χ2v) is 6.62. The summed E-state index contributed by atoms with van der Waals surface area (Å²) in [6.07, 6.45) is 4.27. The van der Waals surface area contributed by atoms with Gasteiger partial charge in [-0.3, -0.25) is 0 Å². The SMILES string of the molecule is COc1ccc(CCNC2CC2c2c[nH]c3ccc(C#N)cc23)cc1. The molecule has 0 aliphatic heterocycles. The van der Waals surface area contributed by atoms with Crippen LogP contribution in [0.15, 0.2) is 48.7 Å². The van der Waals surface area contributed by atoms with Gasteiger partial charge in [0, 0.05) is 29.1 Å². The van der Waals surface area contributed by atoms with Crippen molar-refractivity contribution in [1.82, 2.24) is 10.3 Å². The molecule has 2 unspecified atom stereocenters. The fourth-order valence-electron chi connectivity index (χ4n) is 3.48. The normalized spacial score (nSPS) is 18.9. The van der Waals surface area contributed by atoms with Gasteiger partial charge in [-0.15, -0.1) is 0 Å². The van der Waals surface area contributed by atoms with E-state index in [1.165, 1.54) is 16.5 Å². The Kier molecular flexibility index (Phi) is 4.17. The van der Waals surface area contributed by atoms with Crippen LogP contribution in [-0.4, -0.2) is 24.7 Å². The molecule has 25 heavy (non-hydrogen) atoms. The highest BCUT2D eigenvalue weighted by atomic mass is 16.5. The van der Waals surface area contributed by atoms with Crippen LogP contribution in [0.2, 0.25) is 0 Å². The number of nitriles is 1. The highest BCUT2D eigenvalue weighted by Gasteiger charge is 2.39. The largest absolute Gasteiger partial charge is 0.497 e. The van der Waals surface area contributed by atoms with Gasteiger partial charge in [0.2, 0.25) is 0 Å². The van der Waals surface area contributed by atoms with E-state index in [1.807, 2.05) is 30.3 Å². The first-order valence-electron chi connectivity index (χ1n) is 8.66. The van der Waals surface area contributed by atoms with Crippen LogP contribution in [0.3, 0.4) is 0 Å². The van der Waals surface area contributed by atoms with E-state index >= 15 is 0 Å². The number of nitrogens with one attached hydrogen (secondary N) is 2. The minimum absolute atomic E-state index is 0.531. The summed E-state index contributed by atoms with van der Waals surface area (Å²) < 4.78 is 5.19. The molecular formula is C21H21N3O.